The first-order valence-electron chi connectivity index (χ1n) is 6.90. The minimum atomic E-state index is 0. The SMILES string of the molecule is Cl.Cl.NCCO/N=C(\CCCn1ccnc1)c1ccc(Cl)cc1. The van der Waals surface area contributed by atoms with Crippen LogP contribution in [-0.2, 0) is 11.4 Å². The van der Waals surface area contributed by atoms with Crippen LogP contribution in [0, 0.1) is 0 Å². The minimum absolute atomic E-state index is 0. The average molecular weight is 380 g/mol. The van der Waals surface area contributed by atoms with Crippen LogP contribution >= 0.6 is 36.4 Å². The van der Waals surface area contributed by atoms with E-state index in [4.69, 9.17) is 22.2 Å². The topological polar surface area (TPSA) is 65.4 Å². The van der Waals surface area contributed by atoms with Gasteiger partial charge in [0.05, 0.1) is 12.0 Å². The van der Waals surface area contributed by atoms with Gasteiger partial charge in [-0.1, -0.05) is 28.9 Å². The summed E-state index contributed by atoms with van der Waals surface area (Å²) in [5.74, 6) is 0. The molecule has 2 rings (SSSR count). The van der Waals surface area contributed by atoms with Gasteiger partial charge in [0, 0.05) is 30.5 Å². The number of aromatic nitrogens is 2. The molecule has 0 saturated heterocycles. The number of nitrogens with zero attached hydrogens (tertiary/aromatic N) is 3. The van der Waals surface area contributed by atoms with Gasteiger partial charge in [-0.25, -0.2) is 4.98 Å². The first-order valence-corrected chi connectivity index (χ1v) is 7.28. The summed E-state index contributed by atoms with van der Waals surface area (Å²) < 4.78 is 2.04. The number of oxime groups is 1. The zero-order valence-corrected chi connectivity index (χ0v) is 15.0. The predicted molar refractivity (Wildman–Crippen MR) is 99.0 cm³/mol. The number of rotatable bonds is 8. The van der Waals surface area contributed by atoms with Crippen LogP contribution in [0.15, 0.2) is 48.1 Å². The molecule has 0 radical (unpaired) electrons. The van der Waals surface area contributed by atoms with Crippen LogP contribution in [0.3, 0.4) is 0 Å². The number of hydrogen-bond acceptors (Lipinski definition) is 4. The second kappa shape index (κ2) is 12.2. The molecule has 0 atom stereocenters. The molecule has 1 aromatic carbocycles. The molecule has 0 aliphatic heterocycles. The van der Waals surface area contributed by atoms with Crippen molar-refractivity contribution < 1.29 is 4.84 Å². The molecule has 5 nitrogen and oxygen atoms in total. The molecule has 0 amide bonds. The molecule has 0 unspecified atom stereocenters. The number of halogens is 3. The van der Waals surface area contributed by atoms with E-state index in [-0.39, 0.29) is 24.8 Å². The van der Waals surface area contributed by atoms with E-state index in [2.05, 4.69) is 10.1 Å². The number of nitrogens with two attached hydrogens (primary N) is 1. The number of benzene rings is 1. The predicted octanol–water partition coefficient (Wildman–Crippen LogP) is 3.54. The fourth-order valence-corrected chi connectivity index (χ4v) is 2.04. The summed E-state index contributed by atoms with van der Waals surface area (Å²) in [7, 11) is 0. The van der Waals surface area contributed by atoms with Gasteiger partial charge in [0.15, 0.2) is 0 Å². The molecular formula is C15H21Cl3N4O. The van der Waals surface area contributed by atoms with Gasteiger partial charge in [0.25, 0.3) is 0 Å². The van der Waals surface area contributed by atoms with Crippen molar-refractivity contribution in [2.75, 3.05) is 13.2 Å². The Hall–Kier alpha value is -1.27. The van der Waals surface area contributed by atoms with Crippen LogP contribution in [0.1, 0.15) is 18.4 Å². The Morgan fingerprint density at radius 1 is 1.26 bits per heavy atom. The molecule has 0 spiro atoms. The molecule has 23 heavy (non-hydrogen) atoms. The summed E-state index contributed by atoms with van der Waals surface area (Å²) in [5.41, 5.74) is 7.33. The molecule has 0 saturated carbocycles. The minimum Gasteiger partial charge on any atom is -0.394 e. The Labute approximate surface area is 153 Å². The molecule has 8 heteroatoms. The molecule has 128 valence electrons. The van der Waals surface area contributed by atoms with Crippen molar-refractivity contribution in [2.24, 2.45) is 10.9 Å². The van der Waals surface area contributed by atoms with E-state index < -0.39 is 0 Å². The lowest BCUT2D eigenvalue weighted by Crippen LogP contribution is -2.09. The highest BCUT2D eigenvalue weighted by Gasteiger charge is 2.05. The van der Waals surface area contributed by atoms with Crippen LogP contribution in [0.5, 0.6) is 0 Å². The van der Waals surface area contributed by atoms with Crippen molar-refractivity contribution in [1.82, 2.24) is 9.55 Å². The van der Waals surface area contributed by atoms with E-state index >= 15 is 0 Å². The van der Waals surface area contributed by atoms with Crippen LogP contribution < -0.4 is 5.73 Å². The maximum Gasteiger partial charge on any atom is 0.129 e. The van der Waals surface area contributed by atoms with Crippen molar-refractivity contribution in [3.05, 3.63) is 53.6 Å². The first-order chi connectivity index (χ1) is 10.3. The molecule has 0 fully saturated rings. The molecule has 0 bridgehead atoms. The van der Waals surface area contributed by atoms with Crippen molar-refractivity contribution >= 4 is 42.1 Å². The monoisotopic (exact) mass is 378 g/mol. The highest BCUT2D eigenvalue weighted by atomic mass is 35.5. The zero-order chi connectivity index (χ0) is 14.9. The van der Waals surface area contributed by atoms with E-state index in [9.17, 15) is 0 Å². The lowest BCUT2D eigenvalue weighted by Gasteiger charge is -2.08. The normalized spacial score (nSPS) is 10.6. The second-order valence-corrected chi connectivity index (χ2v) is 5.01. The third-order valence-electron chi connectivity index (χ3n) is 2.95. The number of imidazole rings is 1. The van der Waals surface area contributed by atoms with Crippen LogP contribution in [0.2, 0.25) is 5.02 Å². The van der Waals surface area contributed by atoms with Gasteiger partial charge in [-0.15, -0.1) is 24.8 Å². The Bertz CT molecular complexity index is 559. The lowest BCUT2D eigenvalue weighted by molar-refractivity contribution is 0.151. The quantitative estimate of drug-likeness (QED) is 0.433. The van der Waals surface area contributed by atoms with Crippen molar-refractivity contribution in [3.63, 3.8) is 0 Å². The van der Waals surface area contributed by atoms with Gasteiger partial charge in [0.1, 0.15) is 6.61 Å². The maximum atomic E-state index is 5.92. The molecular weight excluding hydrogens is 359 g/mol. The third kappa shape index (κ3) is 7.70. The van der Waals surface area contributed by atoms with Crippen LogP contribution in [0.4, 0.5) is 0 Å². The lowest BCUT2D eigenvalue weighted by atomic mass is 10.1. The largest absolute Gasteiger partial charge is 0.394 e. The molecule has 1 aromatic heterocycles. The first kappa shape index (κ1) is 21.7. The van der Waals surface area contributed by atoms with Crippen LogP contribution in [-0.4, -0.2) is 28.4 Å². The van der Waals surface area contributed by atoms with Crippen molar-refractivity contribution in [3.8, 4) is 0 Å². The van der Waals surface area contributed by atoms with Gasteiger partial charge in [0.2, 0.25) is 0 Å². The van der Waals surface area contributed by atoms with Gasteiger partial charge >= 0.3 is 0 Å². The molecule has 2 aromatic rings. The average Bonchev–Trinajstić information content (AvgIpc) is 3.00. The van der Waals surface area contributed by atoms with E-state index in [1.54, 1.807) is 6.20 Å². The van der Waals surface area contributed by atoms with Gasteiger partial charge in [-0.2, -0.15) is 0 Å². The fraction of sp³-hybridized carbons (Fsp3) is 0.333. The number of hydrogen-bond donors (Lipinski definition) is 1. The summed E-state index contributed by atoms with van der Waals surface area (Å²) in [5, 5.41) is 4.91. The highest BCUT2D eigenvalue weighted by molar-refractivity contribution is 6.30. The molecule has 0 aliphatic rings. The van der Waals surface area contributed by atoms with Gasteiger partial charge in [-0.05, 0) is 30.5 Å². The molecule has 2 N–H and O–H groups in total. The van der Waals surface area contributed by atoms with Crippen LogP contribution in [0.25, 0.3) is 0 Å². The van der Waals surface area contributed by atoms with E-state index in [0.717, 1.165) is 30.7 Å². The second-order valence-electron chi connectivity index (χ2n) is 4.57. The van der Waals surface area contributed by atoms with Crippen molar-refractivity contribution in [1.29, 1.82) is 0 Å². The highest BCUT2D eigenvalue weighted by Crippen LogP contribution is 2.13. The van der Waals surface area contributed by atoms with Gasteiger partial charge < -0.3 is 15.1 Å². The summed E-state index contributed by atoms with van der Waals surface area (Å²) in [4.78, 5) is 9.26. The Balaban J connectivity index is 0.00000242. The van der Waals surface area contributed by atoms with E-state index in [1.165, 1.54) is 0 Å². The zero-order valence-electron chi connectivity index (χ0n) is 12.6. The maximum absolute atomic E-state index is 5.92. The summed E-state index contributed by atoms with van der Waals surface area (Å²) in [6, 6.07) is 7.60. The van der Waals surface area contributed by atoms with Gasteiger partial charge in [-0.3, -0.25) is 0 Å². The summed E-state index contributed by atoms with van der Waals surface area (Å²) >= 11 is 5.92. The standard InChI is InChI=1S/C15H19ClN4O.2ClH/c16-14-5-3-13(4-6-14)15(19-21-11-7-17)2-1-9-20-10-8-18-12-20;;/h3-6,8,10,12H,1-2,7,9,11,17H2;2*1H/b19-15+;;. The van der Waals surface area contributed by atoms with E-state index in [0.29, 0.717) is 18.2 Å². The van der Waals surface area contributed by atoms with E-state index in [1.807, 2.05) is 41.4 Å². The Morgan fingerprint density at radius 2 is 2.00 bits per heavy atom. The fourth-order valence-electron chi connectivity index (χ4n) is 1.91. The smallest absolute Gasteiger partial charge is 0.129 e. The molecule has 0 aliphatic carbocycles. The Kier molecular flexibility index (Phi) is 11.5. The third-order valence-corrected chi connectivity index (χ3v) is 3.20. The summed E-state index contributed by atoms with van der Waals surface area (Å²) in [6.07, 6.45) is 7.29. The Morgan fingerprint density at radius 3 is 2.61 bits per heavy atom. The van der Waals surface area contributed by atoms with Crippen molar-refractivity contribution in [2.45, 2.75) is 19.4 Å². The molecule has 1 heterocycles. The summed E-state index contributed by atoms with van der Waals surface area (Å²) in [6.45, 7) is 1.76. The number of aryl methyl sites for hydroxylation is 1.